The van der Waals surface area contributed by atoms with E-state index in [1.165, 1.54) is 18.4 Å². The maximum Gasteiger partial charge on any atom is 0.337 e. The zero-order valence-corrected chi connectivity index (χ0v) is 11.3. The molecule has 0 atom stereocenters. The zero-order valence-electron chi connectivity index (χ0n) is 10.5. The van der Waals surface area contributed by atoms with Gasteiger partial charge in [-0.05, 0) is 25.1 Å². The third-order valence-electron chi connectivity index (χ3n) is 2.35. The summed E-state index contributed by atoms with van der Waals surface area (Å²) in [5.41, 5.74) is 1.72. The van der Waals surface area contributed by atoms with E-state index in [2.05, 4.69) is 15.0 Å². The Morgan fingerprint density at radius 1 is 1.37 bits per heavy atom. The molecule has 0 aliphatic heterocycles. The Morgan fingerprint density at radius 3 is 2.79 bits per heavy atom. The highest BCUT2D eigenvalue weighted by Crippen LogP contribution is 2.15. The van der Waals surface area contributed by atoms with Gasteiger partial charge in [0.25, 0.3) is 5.91 Å². The van der Waals surface area contributed by atoms with Crippen LogP contribution in [-0.4, -0.2) is 24.0 Å². The van der Waals surface area contributed by atoms with E-state index in [4.69, 9.17) is 0 Å². The number of amides is 1. The van der Waals surface area contributed by atoms with Crippen LogP contribution in [0, 0.1) is 6.92 Å². The molecule has 5 nitrogen and oxygen atoms in total. The van der Waals surface area contributed by atoms with Gasteiger partial charge in [-0.25, -0.2) is 9.78 Å². The van der Waals surface area contributed by atoms with Crippen LogP contribution in [0.5, 0.6) is 0 Å². The molecule has 98 valence electrons. The van der Waals surface area contributed by atoms with Gasteiger partial charge in [-0.3, -0.25) is 4.79 Å². The zero-order chi connectivity index (χ0) is 13.8. The number of aromatic nitrogens is 1. The number of esters is 1. The van der Waals surface area contributed by atoms with Crippen LogP contribution in [0.2, 0.25) is 0 Å². The predicted molar refractivity (Wildman–Crippen MR) is 72.6 cm³/mol. The molecule has 0 unspecified atom stereocenters. The van der Waals surface area contributed by atoms with Crippen molar-refractivity contribution in [2.45, 2.75) is 6.92 Å². The van der Waals surface area contributed by atoms with Crippen molar-refractivity contribution in [2.75, 3.05) is 12.4 Å². The number of carbonyl (C=O) groups excluding carboxylic acids is 2. The van der Waals surface area contributed by atoms with Crippen molar-refractivity contribution < 1.29 is 14.3 Å². The first-order valence-corrected chi connectivity index (χ1v) is 6.40. The first-order valence-electron chi connectivity index (χ1n) is 5.52. The van der Waals surface area contributed by atoms with E-state index < -0.39 is 5.97 Å². The molecule has 2 rings (SSSR count). The smallest absolute Gasteiger partial charge is 0.337 e. The van der Waals surface area contributed by atoms with E-state index in [1.807, 2.05) is 6.92 Å². The average Bonchev–Trinajstić information content (AvgIpc) is 2.85. The molecule has 1 heterocycles. The lowest BCUT2D eigenvalue weighted by Gasteiger charge is -2.05. The van der Waals surface area contributed by atoms with Gasteiger partial charge in [0.2, 0.25) is 0 Å². The van der Waals surface area contributed by atoms with Crippen LogP contribution in [0.1, 0.15) is 25.9 Å². The van der Waals surface area contributed by atoms with Gasteiger partial charge in [0, 0.05) is 16.8 Å². The van der Waals surface area contributed by atoms with Gasteiger partial charge in [-0.2, -0.15) is 0 Å². The Hall–Kier alpha value is -2.21. The molecule has 0 saturated heterocycles. The van der Waals surface area contributed by atoms with Crippen LogP contribution in [0.15, 0.2) is 29.6 Å². The summed E-state index contributed by atoms with van der Waals surface area (Å²) in [5.74, 6) is -0.735. The molecule has 1 N–H and O–H groups in total. The Morgan fingerprint density at radius 2 is 2.16 bits per heavy atom. The van der Waals surface area contributed by atoms with Gasteiger partial charge in [0.1, 0.15) is 0 Å². The molecule has 2 aromatic rings. The lowest BCUT2D eigenvalue weighted by atomic mass is 10.2. The van der Waals surface area contributed by atoms with E-state index in [0.717, 1.165) is 5.69 Å². The van der Waals surface area contributed by atoms with Crippen LogP contribution < -0.4 is 5.32 Å². The Balaban J connectivity index is 2.15. The van der Waals surface area contributed by atoms with Gasteiger partial charge < -0.3 is 10.1 Å². The number of thiazole rings is 1. The minimum atomic E-state index is -0.443. The SMILES string of the molecule is COC(=O)c1cccc(NC(=O)c2nc(C)cs2)c1. The van der Waals surface area contributed by atoms with Crippen molar-refractivity contribution >= 4 is 28.9 Å². The number of methoxy groups -OCH3 is 1. The number of ether oxygens (including phenoxy) is 1. The number of nitrogens with zero attached hydrogens (tertiary/aromatic N) is 1. The molecule has 0 fully saturated rings. The highest BCUT2D eigenvalue weighted by atomic mass is 32.1. The summed E-state index contributed by atoms with van der Waals surface area (Å²) >= 11 is 1.28. The lowest BCUT2D eigenvalue weighted by molar-refractivity contribution is 0.0600. The van der Waals surface area contributed by atoms with Gasteiger partial charge in [-0.1, -0.05) is 6.07 Å². The summed E-state index contributed by atoms with van der Waals surface area (Å²) in [4.78, 5) is 27.4. The topological polar surface area (TPSA) is 68.3 Å². The largest absolute Gasteiger partial charge is 0.465 e. The molecular weight excluding hydrogens is 264 g/mol. The summed E-state index contributed by atoms with van der Waals surface area (Å²) in [7, 11) is 1.31. The molecule has 19 heavy (non-hydrogen) atoms. The maximum absolute atomic E-state index is 11.9. The summed E-state index contributed by atoms with van der Waals surface area (Å²) in [5, 5.41) is 4.89. The number of rotatable bonds is 3. The summed E-state index contributed by atoms with van der Waals surface area (Å²) < 4.78 is 4.62. The highest BCUT2D eigenvalue weighted by molar-refractivity contribution is 7.11. The average molecular weight is 276 g/mol. The Kier molecular flexibility index (Phi) is 3.91. The first-order chi connectivity index (χ1) is 9.10. The standard InChI is InChI=1S/C13H12N2O3S/c1-8-7-19-12(14-8)11(16)15-10-5-3-4-9(6-10)13(17)18-2/h3-7H,1-2H3,(H,15,16). The Bertz CT molecular complexity index is 622. The number of nitrogens with one attached hydrogen (secondary N) is 1. The van der Waals surface area contributed by atoms with E-state index in [1.54, 1.807) is 29.6 Å². The molecule has 1 amide bonds. The van der Waals surface area contributed by atoms with Gasteiger partial charge in [0.05, 0.1) is 12.7 Å². The lowest BCUT2D eigenvalue weighted by Crippen LogP contribution is -2.12. The molecule has 0 saturated carbocycles. The van der Waals surface area contributed by atoms with Crippen molar-refractivity contribution in [3.63, 3.8) is 0 Å². The van der Waals surface area contributed by atoms with E-state index in [0.29, 0.717) is 16.3 Å². The maximum atomic E-state index is 11.9. The third kappa shape index (κ3) is 3.17. The predicted octanol–water partition coefficient (Wildman–Crippen LogP) is 2.49. The molecule has 6 heteroatoms. The normalized spacial score (nSPS) is 10.0. The number of hydrogen-bond acceptors (Lipinski definition) is 5. The monoisotopic (exact) mass is 276 g/mol. The molecule has 0 bridgehead atoms. The van der Waals surface area contributed by atoms with Gasteiger partial charge in [0.15, 0.2) is 5.01 Å². The molecule has 0 radical (unpaired) electrons. The highest BCUT2D eigenvalue weighted by Gasteiger charge is 2.11. The first kappa shape index (κ1) is 13.2. The van der Waals surface area contributed by atoms with Crippen LogP contribution in [0.3, 0.4) is 0 Å². The number of carbonyl (C=O) groups is 2. The molecule has 0 spiro atoms. The van der Waals surface area contributed by atoms with Crippen molar-refractivity contribution in [3.8, 4) is 0 Å². The fourth-order valence-electron chi connectivity index (χ4n) is 1.48. The second kappa shape index (κ2) is 5.62. The molecule has 0 aliphatic rings. The van der Waals surface area contributed by atoms with Crippen molar-refractivity contribution in [1.82, 2.24) is 4.98 Å². The summed E-state index contributed by atoms with van der Waals surface area (Å²) in [6.07, 6.45) is 0. The minimum Gasteiger partial charge on any atom is -0.465 e. The fourth-order valence-corrected chi connectivity index (χ4v) is 2.17. The van der Waals surface area contributed by atoms with Crippen LogP contribution in [-0.2, 0) is 4.74 Å². The molecule has 0 aliphatic carbocycles. The van der Waals surface area contributed by atoms with Crippen molar-refractivity contribution in [1.29, 1.82) is 0 Å². The molecular formula is C13H12N2O3S. The number of hydrogen-bond donors (Lipinski definition) is 1. The van der Waals surface area contributed by atoms with E-state index >= 15 is 0 Å². The Labute approximate surface area is 114 Å². The molecule has 1 aromatic heterocycles. The van der Waals surface area contributed by atoms with Crippen molar-refractivity contribution in [3.05, 3.63) is 45.9 Å². The minimum absolute atomic E-state index is 0.292. The second-order valence-corrected chi connectivity index (χ2v) is 4.68. The van der Waals surface area contributed by atoms with Gasteiger partial charge in [-0.15, -0.1) is 11.3 Å². The summed E-state index contributed by atoms with van der Waals surface area (Å²) in [6.45, 7) is 1.82. The molecule has 1 aromatic carbocycles. The third-order valence-corrected chi connectivity index (χ3v) is 3.31. The number of aryl methyl sites for hydroxylation is 1. The fraction of sp³-hybridized carbons (Fsp3) is 0.154. The van der Waals surface area contributed by atoms with Crippen LogP contribution >= 0.6 is 11.3 Å². The number of benzene rings is 1. The van der Waals surface area contributed by atoms with Gasteiger partial charge >= 0.3 is 5.97 Å². The van der Waals surface area contributed by atoms with Crippen molar-refractivity contribution in [2.24, 2.45) is 0 Å². The number of anilines is 1. The van der Waals surface area contributed by atoms with Crippen LogP contribution in [0.25, 0.3) is 0 Å². The van der Waals surface area contributed by atoms with Crippen LogP contribution in [0.4, 0.5) is 5.69 Å². The van der Waals surface area contributed by atoms with E-state index in [9.17, 15) is 9.59 Å². The van der Waals surface area contributed by atoms with E-state index in [-0.39, 0.29) is 5.91 Å². The summed E-state index contributed by atoms with van der Waals surface area (Å²) in [6, 6.07) is 6.55. The quantitative estimate of drug-likeness (QED) is 0.874. The second-order valence-electron chi connectivity index (χ2n) is 3.82.